The molecule has 24 heavy (non-hydrogen) atoms. The van der Waals surface area contributed by atoms with E-state index in [1.54, 1.807) is 6.20 Å². The summed E-state index contributed by atoms with van der Waals surface area (Å²) < 4.78 is 5.59. The van der Waals surface area contributed by atoms with Gasteiger partial charge in [-0.1, -0.05) is 0 Å². The lowest BCUT2D eigenvalue weighted by Crippen LogP contribution is -2.49. The molecule has 0 N–H and O–H groups in total. The Morgan fingerprint density at radius 3 is 2.67 bits per heavy atom. The third-order valence-corrected chi connectivity index (χ3v) is 3.87. The molecule has 1 aliphatic heterocycles. The quantitative estimate of drug-likeness (QED) is 0.786. The first-order valence-electron chi connectivity index (χ1n) is 7.93. The van der Waals surface area contributed by atoms with Crippen molar-refractivity contribution in [3.05, 3.63) is 42.1 Å². The van der Waals surface area contributed by atoms with Gasteiger partial charge in [0.15, 0.2) is 0 Å². The minimum Gasteiger partial charge on any atom is -0.475 e. The maximum absolute atomic E-state index is 12.3. The zero-order valence-electron chi connectivity index (χ0n) is 13.6. The molecule has 0 atom stereocenters. The van der Waals surface area contributed by atoms with Gasteiger partial charge in [-0.05, 0) is 13.0 Å². The van der Waals surface area contributed by atoms with Gasteiger partial charge in [0.1, 0.15) is 12.3 Å². The van der Waals surface area contributed by atoms with Crippen LogP contribution < -0.4 is 4.74 Å². The molecule has 1 aliphatic rings. The summed E-state index contributed by atoms with van der Waals surface area (Å²) in [5, 5.41) is 7.93. The molecule has 8 nitrogen and oxygen atoms in total. The van der Waals surface area contributed by atoms with Crippen LogP contribution in [0.5, 0.6) is 5.88 Å². The number of amides is 1. The van der Waals surface area contributed by atoms with Gasteiger partial charge in [0, 0.05) is 51.2 Å². The Bertz CT molecular complexity index is 656. The molecular formula is C16H20N6O2. The fourth-order valence-electron chi connectivity index (χ4n) is 2.49. The highest BCUT2D eigenvalue weighted by atomic mass is 16.5. The minimum absolute atomic E-state index is 0.0612. The summed E-state index contributed by atoms with van der Waals surface area (Å²) in [6.45, 7) is 6.22. The van der Waals surface area contributed by atoms with E-state index >= 15 is 0 Å². The zero-order chi connectivity index (χ0) is 16.8. The van der Waals surface area contributed by atoms with E-state index in [0.717, 1.165) is 25.3 Å². The predicted octanol–water partition coefficient (Wildman–Crippen LogP) is 0.412. The predicted molar refractivity (Wildman–Crippen MR) is 86.6 cm³/mol. The Kier molecular flexibility index (Phi) is 5.27. The fraction of sp³-hybridized carbons (Fsp3) is 0.438. The van der Waals surface area contributed by atoms with Gasteiger partial charge in [0.25, 0.3) is 5.91 Å². The number of ether oxygens (including phenoxy) is 1. The highest BCUT2D eigenvalue weighted by molar-refractivity contribution is 5.92. The number of aromatic nitrogens is 4. The molecule has 3 rings (SSSR count). The summed E-state index contributed by atoms with van der Waals surface area (Å²) in [5.74, 6) is 0.478. The van der Waals surface area contributed by atoms with E-state index in [1.165, 1.54) is 12.4 Å². The summed E-state index contributed by atoms with van der Waals surface area (Å²) in [7, 11) is 0. The molecule has 0 aliphatic carbocycles. The van der Waals surface area contributed by atoms with Crippen molar-refractivity contribution in [2.24, 2.45) is 0 Å². The molecule has 0 unspecified atom stereocenters. The molecule has 8 heteroatoms. The van der Waals surface area contributed by atoms with Crippen molar-refractivity contribution < 1.29 is 9.53 Å². The molecule has 0 aromatic carbocycles. The van der Waals surface area contributed by atoms with Crippen molar-refractivity contribution in [3.8, 4) is 5.88 Å². The third-order valence-electron chi connectivity index (χ3n) is 3.87. The van der Waals surface area contributed by atoms with Gasteiger partial charge in [-0.3, -0.25) is 14.7 Å². The number of piperazine rings is 1. The van der Waals surface area contributed by atoms with Gasteiger partial charge in [-0.2, -0.15) is 5.10 Å². The van der Waals surface area contributed by atoms with E-state index in [2.05, 4.69) is 25.1 Å². The van der Waals surface area contributed by atoms with Crippen molar-refractivity contribution in [3.63, 3.8) is 0 Å². The average Bonchev–Trinajstić information content (AvgIpc) is 2.64. The number of hydrogen-bond acceptors (Lipinski definition) is 7. The molecule has 2 aromatic rings. The van der Waals surface area contributed by atoms with Crippen LogP contribution in [0.25, 0.3) is 0 Å². The summed E-state index contributed by atoms with van der Waals surface area (Å²) in [6.07, 6.45) is 4.60. The van der Waals surface area contributed by atoms with Crippen LogP contribution in [0.1, 0.15) is 16.2 Å². The van der Waals surface area contributed by atoms with Gasteiger partial charge < -0.3 is 9.64 Å². The topological polar surface area (TPSA) is 84.3 Å². The maximum atomic E-state index is 12.3. The first-order chi connectivity index (χ1) is 11.7. The van der Waals surface area contributed by atoms with Crippen molar-refractivity contribution in [2.75, 3.05) is 39.3 Å². The van der Waals surface area contributed by atoms with Crippen LogP contribution in [0.15, 0.2) is 30.7 Å². The van der Waals surface area contributed by atoms with Crippen molar-refractivity contribution in [1.82, 2.24) is 30.0 Å². The lowest BCUT2D eigenvalue weighted by molar-refractivity contribution is 0.0613. The average molecular weight is 328 g/mol. The number of rotatable bonds is 5. The van der Waals surface area contributed by atoms with E-state index in [-0.39, 0.29) is 5.91 Å². The molecule has 3 heterocycles. The van der Waals surface area contributed by atoms with Crippen molar-refractivity contribution >= 4 is 5.91 Å². The van der Waals surface area contributed by atoms with Gasteiger partial charge in [-0.25, -0.2) is 4.98 Å². The van der Waals surface area contributed by atoms with Crippen molar-refractivity contribution in [1.29, 1.82) is 0 Å². The third kappa shape index (κ3) is 4.23. The van der Waals surface area contributed by atoms with Crippen LogP contribution in [0.3, 0.4) is 0 Å². The number of carbonyl (C=O) groups is 1. The van der Waals surface area contributed by atoms with Crippen LogP contribution in [-0.2, 0) is 0 Å². The SMILES string of the molecule is Cc1ccc(OCCN2CCN(C(=O)c3cnccn3)CC2)nn1. The normalized spacial score (nSPS) is 15.3. The Morgan fingerprint density at radius 1 is 1.17 bits per heavy atom. The van der Waals surface area contributed by atoms with Crippen LogP contribution in [0.4, 0.5) is 0 Å². The van der Waals surface area contributed by atoms with Gasteiger partial charge in [-0.15, -0.1) is 5.10 Å². The Hall–Kier alpha value is -2.61. The Morgan fingerprint density at radius 2 is 2.00 bits per heavy atom. The second-order valence-corrected chi connectivity index (χ2v) is 5.59. The molecule has 1 fully saturated rings. The largest absolute Gasteiger partial charge is 0.475 e. The van der Waals surface area contributed by atoms with E-state index in [4.69, 9.17) is 4.74 Å². The number of aryl methyl sites for hydroxylation is 1. The zero-order valence-corrected chi connectivity index (χ0v) is 13.6. The van der Waals surface area contributed by atoms with Gasteiger partial charge in [0.2, 0.25) is 5.88 Å². The summed E-state index contributed by atoms with van der Waals surface area (Å²) in [6, 6.07) is 3.69. The molecule has 0 bridgehead atoms. The number of nitrogens with zero attached hydrogens (tertiary/aromatic N) is 6. The second-order valence-electron chi connectivity index (χ2n) is 5.59. The lowest BCUT2D eigenvalue weighted by atomic mass is 10.3. The van der Waals surface area contributed by atoms with Crippen LogP contribution >= 0.6 is 0 Å². The van der Waals surface area contributed by atoms with Gasteiger partial charge in [0.05, 0.1) is 11.9 Å². The first kappa shape index (κ1) is 16.3. The van der Waals surface area contributed by atoms with E-state index in [0.29, 0.717) is 31.3 Å². The Labute approximate surface area is 140 Å². The fourth-order valence-corrected chi connectivity index (χ4v) is 2.49. The van der Waals surface area contributed by atoms with E-state index in [1.807, 2.05) is 24.0 Å². The highest BCUT2D eigenvalue weighted by Gasteiger charge is 2.22. The molecular weight excluding hydrogens is 308 g/mol. The molecule has 0 spiro atoms. The smallest absolute Gasteiger partial charge is 0.274 e. The first-order valence-corrected chi connectivity index (χ1v) is 7.93. The Balaban J connectivity index is 1.40. The molecule has 1 amide bonds. The molecule has 0 radical (unpaired) electrons. The van der Waals surface area contributed by atoms with E-state index in [9.17, 15) is 4.79 Å². The minimum atomic E-state index is -0.0612. The van der Waals surface area contributed by atoms with E-state index < -0.39 is 0 Å². The standard InChI is InChI=1S/C16H20N6O2/c1-13-2-3-15(20-19-13)24-11-10-21-6-8-22(9-7-21)16(23)14-12-17-4-5-18-14/h2-5,12H,6-11H2,1H3. The second kappa shape index (κ2) is 7.78. The van der Waals surface area contributed by atoms with Gasteiger partial charge >= 0.3 is 0 Å². The number of hydrogen-bond donors (Lipinski definition) is 0. The molecule has 1 saturated heterocycles. The monoisotopic (exact) mass is 328 g/mol. The maximum Gasteiger partial charge on any atom is 0.274 e. The summed E-state index contributed by atoms with van der Waals surface area (Å²) in [5.41, 5.74) is 1.26. The van der Waals surface area contributed by atoms with Crippen LogP contribution in [0.2, 0.25) is 0 Å². The summed E-state index contributed by atoms with van der Waals surface area (Å²) >= 11 is 0. The van der Waals surface area contributed by atoms with Crippen LogP contribution in [-0.4, -0.2) is 75.2 Å². The highest BCUT2D eigenvalue weighted by Crippen LogP contribution is 2.07. The molecule has 0 saturated carbocycles. The van der Waals surface area contributed by atoms with Crippen LogP contribution in [0, 0.1) is 6.92 Å². The molecule has 2 aromatic heterocycles. The van der Waals surface area contributed by atoms with Crippen molar-refractivity contribution in [2.45, 2.75) is 6.92 Å². The lowest BCUT2D eigenvalue weighted by Gasteiger charge is -2.34. The summed E-state index contributed by atoms with van der Waals surface area (Å²) in [4.78, 5) is 24.4. The molecule has 126 valence electrons. The number of carbonyl (C=O) groups excluding carboxylic acids is 1.